The molecule has 0 atom stereocenters. The van der Waals surface area contributed by atoms with Crippen LogP contribution in [0.15, 0.2) is 0 Å². The van der Waals surface area contributed by atoms with E-state index in [4.69, 9.17) is 5.11 Å². The maximum absolute atomic E-state index is 10.9. The smallest absolute Gasteiger partial charge is 0.347 e. The second kappa shape index (κ2) is 4.82. The fraction of sp³-hybridized carbons (Fsp3) is 0.636. The molecule has 0 bridgehead atoms. The fourth-order valence-electron chi connectivity index (χ4n) is 1.33. The quantitative estimate of drug-likeness (QED) is 0.832. The Kier molecular flexibility index (Phi) is 3.91. The molecule has 0 aromatic carbocycles. The van der Waals surface area contributed by atoms with E-state index < -0.39 is 5.97 Å². The summed E-state index contributed by atoms with van der Waals surface area (Å²) in [6.45, 7) is 8.05. The highest BCUT2D eigenvalue weighted by atomic mass is 32.1. The normalized spacial score (nSPS) is 11.5. The summed E-state index contributed by atoms with van der Waals surface area (Å²) in [5.41, 5.74) is 0.564. The lowest BCUT2D eigenvalue weighted by Crippen LogP contribution is -2.32. The molecule has 0 aliphatic rings. The van der Waals surface area contributed by atoms with Crippen molar-refractivity contribution in [2.75, 3.05) is 5.32 Å². The molecule has 0 aliphatic heterocycles. The van der Waals surface area contributed by atoms with Gasteiger partial charge in [0, 0.05) is 5.54 Å². The molecule has 1 aromatic rings. The molecular weight excluding hydrogens is 224 g/mol. The zero-order valence-corrected chi connectivity index (χ0v) is 10.9. The molecule has 90 valence electrons. The van der Waals surface area contributed by atoms with Crippen molar-refractivity contribution in [1.82, 2.24) is 4.98 Å². The molecule has 1 heterocycles. The summed E-state index contributed by atoms with van der Waals surface area (Å²) in [7, 11) is 0. The lowest BCUT2D eigenvalue weighted by atomic mass is 9.96. The summed E-state index contributed by atoms with van der Waals surface area (Å²) < 4.78 is 0. The second-order valence-corrected chi connectivity index (χ2v) is 5.13. The number of hydrogen-bond acceptors (Lipinski definition) is 4. The van der Waals surface area contributed by atoms with Crippen LogP contribution in [0.4, 0.5) is 5.13 Å². The molecule has 1 aromatic heterocycles. The molecule has 0 saturated carbocycles. The van der Waals surface area contributed by atoms with Crippen LogP contribution in [0.2, 0.25) is 0 Å². The van der Waals surface area contributed by atoms with Gasteiger partial charge in [-0.15, -0.1) is 0 Å². The summed E-state index contributed by atoms with van der Waals surface area (Å²) in [4.78, 5) is 15.4. The van der Waals surface area contributed by atoms with Gasteiger partial charge in [0.25, 0.3) is 0 Å². The first-order chi connectivity index (χ1) is 7.41. The number of nitrogens with zero attached hydrogens (tertiary/aromatic N) is 1. The van der Waals surface area contributed by atoms with Crippen molar-refractivity contribution in [3.8, 4) is 0 Å². The second-order valence-electron chi connectivity index (χ2n) is 4.13. The van der Waals surface area contributed by atoms with Crippen molar-refractivity contribution in [3.63, 3.8) is 0 Å². The number of aryl methyl sites for hydroxylation is 1. The molecule has 0 saturated heterocycles. The van der Waals surface area contributed by atoms with Crippen LogP contribution in [0.25, 0.3) is 0 Å². The van der Waals surface area contributed by atoms with Crippen LogP contribution in [-0.4, -0.2) is 21.6 Å². The molecule has 5 heteroatoms. The summed E-state index contributed by atoms with van der Waals surface area (Å²) in [5, 5.41) is 12.9. The molecule has 0 unspecified atom stereocenters. The average molecular weight is 242 g/mol. The van der Waals surface area contributed by atoms with Crippen molar-refractivity contribution in [1.29, 1.82) is 0 Å². The van der Waals surface area contributed by atoms with Gasteiger partial charge in [-0.1, -0.05) is 25.2 Å². The van der Waals surface area contributed by atoms with Gasteiger partial charge in [0.05, 0.1) is 5.69 Å². The Hall–Kier alpha value is -1.10. The SMILES string of the molecule is CCC(C)(CC)Nc1nc(C)c(C(=O)O)s1. The largest absolute Gasteiger partial charge is 0.477 e. The molecule has 4 nitrogen and oxygen atoms in total. The number of hydrogen-bond donors (Lipinski definition) is 2. The third-order valence-electron chi connectivity index (χ3n) is 2.96. The Labute approximate surface area is 99.7 Å². The van der Waals surface area contributed by atoms with Crippen molar-refractivity contribution >= 4 is 22.4 Å². The zero-order chi connectivity index (χ0) is 12.3. The Bertz CT molecular complexity index is 383. The highest BCUT2D eigenvalue weighted by Gasteiger charge is 2.22. The van der Waals surface area contributed by atoms with E-state index >= 15 is 0 Å². The predicted octanol–water partition coefficient (Wildman–Crippen LogP) is 3.14. The van der Waals surface area contributed by atoms with E-state index in [1.807, 2.05) is 0 Å². The van der Waals surface area contributed by atoms with E-state index in [-0.39, 0.29) is 5.54 Å². The van der Waals surface area contributed by atoms with Gasteiger partial charge in [-0.05, 0) is 26.7 Å². The van der Waals surface area contributed by atoms with E-state index in [1.165, 1.54) is 11.3 Å². The van der Waals surface area contributed by atoms with Gasteiger partial charge in [0.1, 0.15) is 4.88 Å². The van der Waals surface area contributed by atoms with Crippen molar-refractivity contribution in [2.45, 2.75) is 46.1 Å². The van der Waals surface area contributed by atoms with Gasteiger partial charge < -0.3 is 10.4 Å². The van der Waals surface area contributed by atoms with Crippen LogP contribution < -0.4 is 5.32 Å². The first kappa shape index (κ1) is 13.0. The number of anilines is 1. The minimum Gasteiger partial charge on any atom is -0.477 e. The van der Waals surface area contributed by atoms with Gasteiger partial charge in [0.15, 0.2) is 5.13 Å². The van der Waals surface area contributed by atoms with Crippen LogP contribution in [0.1, 0.15) is 49.0 Å². The highest BCUT2D eigenvalue weighted by Crippen LogP contribution is 2.27. The maximum Gasteiger partial charge on any atom is 0.347 e. The lowest BCUT2D eigenvalue weighted by molar-refractivity contribution is 0.0701. The molecule has 0 radical (unpaired) electrons. The fourth-order valence-corrected chi connectivity index (χ4v) is 2.29. The van der Waals surface area contributed by atoms with E-state index in [2.05, 4.69) is 31.1 Å². The minimum absolute atomic E-state index is 0.0138. The zero-order valence-electron chi connectivity index (χ0n) is 10.1. The summed E-state index contributed by atoms with van der Waals surface area (Å²) in [6, 6.07) is 0. The lowest BCUT2D eigenvalue weighted by Gasteiger charge is -2.27. The number of carboxylic acid groups (broad SMARTS) is 1. The number of carbonyl (C=O) groups is 1. The van der Waals surface area contributed by atoms with Gasteiger partial charge in [-0.3, -0.25) is 0 Å². The van der Waals surface area contributed by atoms with Crippen molar-refractivity contribution in [3.05, 3.63) is 10.6 Å². The van der Waals surface area contributed by atoms with Gasteiger partial charge >= 0.3 is 5.97 Å². The number of nitrogens with one attached hydrogen (secondary N) is 1. The van der Waals surface area contributed by atoms with Crippen LogP contribution in [0.5, 0.6) is 0 Å². The minimum atomic E-state index is -0.905. The Morgan fingerprint density at radius 1 is 1.50 bits per heavy atom. The van der Waals surface area contributed by atoms with Gasteiger partial charge in [0.2, 0.25) is 0 Å². The number of thiazole rings is 1. The monoisotopic (exact) mass is 242 g/mol. The first-order valence-corrected chi connectivity index (χ1v) is 6.22. The highest BCUT2D eigenvalue weighted by molar-refractivity contribution is 7.17. The Morgan fingerprint density at radius 2 is 2.06 bits per heavy atom. The molecule has 0 aliphatic carbocycles. The predicted molar refractivity (Wildman–Crippen MR) is 66.4 cm³/mol. The van der Waals surface area contributed by atoms with E-state index in [0.29, 0.717) is 15.7 Å². The van der Waals surface area contributed by atoms with Crippen LogP contribution in [-0.2, 0) is 0 Å². The van der Waals surface area contributed by atoms with Crippen molar-refractivity contribution < 1.29 is 9.90 Å². The molecular formula is C11H18N2O2S. The van der Waals surface area contributed by atoms with E-state index in [9.17, 15) is 4.79 Å². The summed E-state index contributed by atoms with van der Waals surface area (Å²) in [5.74, 6) is -0.905. The van der Waals surface area contributed by atoms with E-state index in [0.717, 1.165) is 12.8 Å². The number of carboxylic acids is 1. The first-order valence-electron chi connectivity index (χ1n) is 5.40. The molecule has 0 fully saturated rings. The number of aromatic carboxylic acids is 1. The molecule has 0 spiro atoms. The topological polar surface area (TPSA) is 62.2 Å². The average Bonchev–Trinajstić information content (AvgIpc) is 2.59. The number of aromatic nitrogens is 1. The molecule has 0 amide bonds. The summed E-state index contributed by atoms with van der Waals surface area (Å²) in [6.07, 6.45) is 1.95. The summed E-state index contributed by atoms with van der Waals surface area (Å²) >= 11 is 1.20. The van der Waals surface area contributed by atoms with Gasteiger partial charge in [-0.25, -0.2) is 9.78 Å². The third kappa shape index (κ3) is 2.72. The Morgan fingerprint density at radius 3 is 2.44 bits per heavy atom. The van der Waals surface area contributed by atoms with Crippen LogP contribution in [0, 0.1) is 6.92 Å². The molecule has 1 rings (SSSR count). The molecule has 16 heavy (non-hydrogen) atoms. The third-order valence-corrected chi connectivity index (χ3v) is 4.02. The van der Waals surface area contributed by atoms with Crippen LogP contribution in [0.3, 0.4) is 0 Å². The molecule has 2 N–H and O–H groups in total. The Balaban J connectivity index is 2.90. The van der Waals surface area contributed by atoms with Gasteiger partial charge in [-0.2, -0.15) is 0 Å². The maximum atomic E-state index is 10.9. The van der Waals surface area contributed by atoms with E-state index in [1.54, 1.807) is 6.92 Å². The van der Waals surface area contributed by atoms with Crippen molar-refractivity contribution in [2.24, 2.45) is 0 Å². The standard InChI is InChI=1S/C11H18N2O2S/c1-5-11(4,6-2)13-10-12-7(3)8(16-10)9(14)15/h5-6H2,1-4H3,(H,12,13)(H,14,15). The van der Waals surface area contributed by atoms with Crippen LogP contribution >= 0.6 is 11.3 Å². The number of rotatable bonds is 5.